The highest BCUT2D eigenvalue weighted by Gasteiger charge is 2.45. The van der Waals surface area contributed by atoms with Crippen molar-refractivity contribution in [1.29, 1.82) is 0 Å². The molecule has 3 aliphatic carbocycles. The number of hydrogen-bond acceptors (Lipinski definition) is 3. The number of aliphatic hydroxyl groups is 2. The van der Waals surface area contributed by atoms with Gasteiger partial charge in [0.05, 0.1) is 12.2 Å². The fourth-order valence-electron chi connectivity index (χ4n) is 5.20. The molecule has 3 saturated carbocycles. The summed E-state index contributed by atoms with van der Waals surface area (Å²) in [6.45, 7) is 0. The van der Waals surface area contributed by atoms with Crippen LogP contribution in [0.2, 0.25) is 0 Å². The smallest absolute Gasteiger partial charge is 0.303 e. The van der Waals surface area contributed by atoms with Gasteiger partial charge in [-0.3, -0.25) is 4.79 Å². The van der Waals surface area contributed by atoms with E-state index in [2.05, 4.69) is 12.2 Å². The first-order valence-corrected chi connectivity index (χ1v) is 9.98. The van der Waals surface area contributed by atoms with Crippen molar-refractivity contribution < 1.29 is 20.1 Å². The highest BCUT2D eigenvalue weighted by atomic mass is 16.4. The van der Waals surface area contributed by atoms with Crippen molar-refractivity contribution in [2.75, 3.05) is 0 Å². The first kappa shape index (κ1) is 18.7. The highest BCUT2D eigenvalue weighted by Crippen LogP contribution is 2.50. The van der Waals surface area contributed by atoms with Gasteiger partial charge in [0, 0.05) is 12.3 Å². The first-order valence-electron chi connectivity index (χ1n) is 9.98. The van der Waals surface area contributed by atoms with Gasteiger partial charge in [-0.25, -0.2) is 0 Å². The monoisotopic (exact) mass is 348 g/mol. The van der Waals surface area contributed by atoms with Gasteiger partial charge < -0.3 is 15.3 Å². The molecule has 25 heavy (non-hydrogen) atoms. The molecule has 0 aromatic heterocycles. The van der Waals surface area contributed by atoms with E-state index in [1.54, 1.807) is 0 Å². The fourth-order valence-corrected chi connectivity index (χ4v) is 5.20. The number of unbranched alkanes of at least 4 members (excludes halogenated alkanes) is 1. The Hall–Kier alpha value is -1.13. The summed E-state index contributed by atoms with van der Waals surface area (Å²) >= 11 is 0. The predicted octanol–water partition coefficient (Wildman–Crippen LogP) is 3.68. The number of carbonyl (C=O) groups is 1. The molecule has 4 heteroatoms. The van der Waals surface area contributed by atoms with Crippen LogP contribution in [-0.4, -0.2) is 33.5 Å². The lowest BCUT2D eigenvalue weighted by Gasteiger charge is -2.19. The summed E-state index contributed by atoms with van der Waals surface area (Å²) in [4.78, 5) is 10.6. The van der Waals surface area contributed by atoms with Crippen molar-refractivity contribution in [2.24, 2.45) is 23.7 Å². The predicted molar refractivity (Wildman–Crippen MR) is 97.0 cm³/mol. The third-order valence-corrected chi connectivity index (χ3v) is 6.55. The van der Waals surface area contributed by atoms with E-state index < -0.39 is 5.97 Å². The average molecular weight is 348 g/mol. The van der Waals surface area contributed by atoms with E-state index in [1.165, 1.54) is 18.4 Å². The van der Waals surface area contributed by atoms with Gasteiger partial charge in [-0.1, -0.05) is 36.6 Å². The fraction of sp³-hybridized carbons (Fsp3) is 0.762. The topological polar surface area (TPSA) is 77.8 Å². The lowest BCUT2D eigenvalue weighted by atomic mass is 9.89. The molecule has 0 heterocycles. The molecule has 0 aliphatic heterocycles. The maximum absolute atomic E-state index is 10.6. The molecule has 0 bridgehead atoms. The van der Waals surface area contributed by atoms with E-state index in [0.717, 1.165) is 38.5 Å². The van der Waals surface area contributed by atoms with E-state index in [9.17, 15) is 15.0 Å². The van der Waals surface area contributed by atoms with Crippen LogP contribution in [0.25, 0.3) is 0 Å². The Bertz CT molecular complexity index is 518. The molecular weight excluding hydrogens is 316 g/mol. The van der Waals surface area contributed by atoms with Gasteiger partial charge in [0.25, 0.3) is 0 Å². The number of rotatable bonds is 7. The molecule has 0 aromatic rings. The molecule has 3 aliphatic rings. The number of aliphatic carboxylic acids is 1. The largest absolute Gasteiger partial charge is 0.481 e. The van der Waals surface area contributed by atoms with E-state index in [4.69, 9.17) is 5.11 Å². The quantitative estimate of drug-likeness (QED) is 0.484. The molecule has 0 aromatic carbocycles. The molecule has 3 N–H and O–H groups in total. The zero-order valence-corrected chi connectivity index (χ0v) is 15.0. The van der Waals surface area contributed by atoms with Crippen molar-refractivity contribution in [2.45, 2.75) is 76.4 Å². The average Bonchev–Trinajstić information content (AvgIpc) is 3.26. The Labute approximate surface area is 150 Å². The summed E-state index contributed by atoms with van der Waals surface area (Å²) in [6.07, 6.45) is 15.0. The highest BCUT2D eigenvalue weighted by molar-refractivity contribution is 5.66. The van der Waals surface area contributed by atoms with E-state index >= 15 is 0 Å². The van der Waals surface area contributed by atoms with Crippen molar-refractivity contribution in [3.8, 4) is 0 Å². The molecule has 0 spiro atoms. The van der Waals surface area contributed by atoms with Crippen LogP contribution in [0, 0.1) is 23.7 Å². The van der Waals surface area contributed by atoms with Crippen LogP contribution in [0.4, 0.5) is 0 Å². The first-order chi connectivity index (χ1) is 12.0. The summed E-state index contributed by atoms with van der Waals surface area (Å²) in [5.41, 5.74) is 1.43. The lowest BCUT2D eigenvalue weighted by Crippen LogP contribution is -2.19. The standard InChI is InChI=1S/C21H32O4/c22-19(15-6-2-3-7-15)10-9-17-18-12-14(5-1-4-8-21(24)25)11-16(18)13-20(17)23/h5,9-10,15-20,22-23H,1-4,6-8,11-13H2,(H,24,25)/b10-9+,14-5+/t16-,17-,18+,19+,20-/m1/s1. The maximum Gasteiger partial charge on any atom is 0.303 e. The Kier molecular flexibility index (Phi) is 6.34. The minimum absolute atomic E-state index is 0.158. The van der Waals surface area contributed by atoms with Crippen molar-refractivity contribution in [1.82, 2.24) is 0 Å². The van der Waals surface area contributed by atoms with Crippen LogP contribution in [0.15, 0.2) is 23.8 Å². The van der Waals surface area contributed by atoms with Crippen LogP contribution in [0.3, 0.4) is 0 Å². The van der Waals surface area contributed by atoms with Crippen LogP contribution in [-0.2, 0) is 4.79 Å². The molecule has 3 rings (SSSR count). The van der Waals surface area contributed by atoms with Crippen molar-refractivity contribution in [3.05, 3.63) is 23.8 Å². The summed E-state index contributed by atoms with van der Waals surface area (Å²) in [5, 5.41) is 29.5. The van der Waals surface area contributed by atoms with E-state index in [0.29, 0.717) is 24.2 Å². The second-order valence-electron chi connectivity index (χ2n) is 8.28. The van der Waals surface area contributed by atoms with Gasteiger partial charge in [0.15, 0.2) is 0 Å². The second kappa shape index (κ2) is 8.50. The normalized spacial score (nSPS) is 35.7. The minimum atomic E-state index is -0.726. The van der Waals surface area contributed by atoms with Gasteiger partial charge in [-0.05, 0) is 62.7 Å². The number of hydrogen-bond donors (Lipinski definition) is 3. The van der Waals surface area contributed by atoms with Crippen LogP contribution >= 0.6 is 0 Å². The minimum Gasteiger partial charge on any atom is -0.481 e. The zero-order valence-electron chi connectivity index (χ0n) is 15.0. The number of fused-ring (bicyclic) bond motifs is 1. The Morgan fingerprint density at radius 3 is 2.72 bits per heavy atom. The number of aliphatic hydroxyl groups excluding tert-OH is 2. The number of carboxylic acids is 1. The molecule has 5 atom stereocenters. The third kappa shape index (κ3) is 4.73. The summed E-state index contributed by atoms with van der Waals surface area (Å²) < 4.78 is 0. The van der Waals surface area contributed by atoms with Gasteiger partial charge in [-0.2, -0.15) is 0 Å². The van der Waals surface area contributed by atoms with Gasteiger partial charge in [-0.15, -0.1) is 0 Å². The van der Waals surface area contributed by atoms with Crippen LogP contribution < -0.4 is 0 Å². The second-order valence-corrected chi connectivity index (χ2v) is 8.28. The molecule has 0 radical (unpaired) electrons. The number of carboxylic acid groups (broad SMARTS) is 1. The Balaban J connectivity index is 1.53. The maximum atomic E-state index is 10.6. The molecular formula is C21H32O4. The van der Waals surface area contributed by atoms with E-state index in [1.807, 2.05) is 6.08 Å². The SMILES string of the molecule is O=C(O)CCC/C=C1\C[C@@H]2C[C@@H](O)[C@H](/C=C/[C@H](O)C3CCCC3)[C@H]2C1. The molecule has 0 amide bonds. The molecule has 4 nitrogen and oxygen atoms in total. The summed E-state index contributed by atoms with van der Waals surface area (Å²) in [7, 11) is 0. The summed E-state index contributed by atoms with van der Waals surface area (Å²) in [5.74, 6) is 0.854. The Morgan fingerprint density at radius 1 is 1.24 bits per heavy atom. The van der Waals surface area contributed by atoms with Gasteiger partial charge in [0.2, 0.25) is 0 Å². The zero-order chi connectivity index (χ0) is 17.8. The lowest BCUT2D eigenvalue weighted by molar-refractivity contribution is -0.137. The van der Waals surface area contributed by atoms with Gasteiger partial charge in [0.1, 0.15) is 0 Å². The number of allylic oxidation sites excluding steroid dienone is 2. The molecule has 3 fully saturated rings. The van der Waals surface area contributed by atoms with Crippen molar-refractivity contribution in [3.63, 3.8) is 0 Å². The third-order valence-electron chi connectivity index (χ3n) is 6.55. The summed E-state index contributed by atoms with van der Waals surface area (Å²) in [6, 6.07) is 0. The molecule has 0 unspecified atom stereocenters. The van der Waals surface area contributed by atoms with Gasteiger partial charge >= 0.3 is 5.97 Å². The van der Waals surface area contributed by atoms with E-state index in [-0.39, 0.29) is 24.5 Å². The van der Waals surface area contributed by atoms with Crippen LogP contribution in [0.5, 0.6) is 0 Å². The molecule has 140 valence electrons. The van der Waals surface area contributed by atoms with Crippen LogP contribution in [0.1, 0.15) is 64.2 Å². The molecule has 0 saturated heterocycles. The van der Waals surface area contributed by atoms with Crippen molar-refractivity contribution >= 4 is 5.97 Å². The Morgan fingerprint density at radius 2 is 2.00 bits per heavy atom.